The van der Waals surface area contributed by atoms with Crippen LogP contribution in [0.4, 0.5) is 0 Å². The van der Waals surface area contributed by atoms with E-state index < -0.39 is 0 Å². The van der Waals surface area contributed by atoms with Crippen molar-refractivity contribution in [2.45, 2.75) is 46.0 Å². The van der Waals surface area contributed by atoms with Crippen molar-refractivity contribution in [2.75, 3.05) is 0 Å². The smallest absolute Gasteiger partial charge is 0.138 e. The molecule has 0 spiro atoms. The molecule has 0 bridgehead atoms. The molecule has 0 amide bonds. The molecule has 0 aromatic heterocycles. The van der Waals surface area contributed by atoms with Crippen molar-refractivity contribution in [3.8, 4) is 0 Å². The van der Waals surface area contributed by atoms with Crippen LogP contribution < -0.4 is 0 Å². The average Bonchev–Trinajstić information content (AvgIpc) is 2.05. The van der Waals surface area contributed by atoms with Gasteiger partial charge in [-0.1, -0.05) is 33.1 Å². The van der Waals surface area contributed by atoms with Gasteiger partial charge < -0.3 is 0 Å². The van der Waals surface area contributed by atoms with E-state index in [-0.39, 0.29) is 5.92 Å². The molecule has 0 aromatic rings. The Hall–Kier alpha value is -0.330. The summed E-state index contributed by atoms with van der Waals surface area (Å²) in [7, 11) is 0. The SMILES string of the molecule is CC(C)C(=O)C1CCCCC1. The molecule has 0 N–H and O–H groups in total. The molecule has 0 atom stereocenters. The molecule has 0 radical (unpaired) electrons. The molecular weight excluding hydrogens is 136 g/mol. The van der Waals surface area contributed by atoms with Crippen LogP contribution in [0.25, 0.3) is 0 Å². The Labute approximate surface area is 69.2 Å². The predicted molar refractivity (Wildman–Crippen MR) is 46.4 cm³/mol. The first-order valence-corrected chi connectivity index (χ1v) is 4.75. The van der Waals surface area contributed by atoms with E-state index in [9.17, 15) is 4.79 Å². The van der Waals surface area contributed by atoms with Crippen LogP contribution in [-0.2, 0) is 4.79 Å². The first kappa shape index (κ1) is 8.76. The maximum Gasteiger partial charge on any atom is 0.138 e. The minimum atomic E-state index is 0.248. The number of carbonyl (C=O) groups is 1. The normalized spacial score (nSPS) is 20.6. The number of carbonyl (C=O) groups excluding carboxylic acids is 1. The highest BCUT2D eigenvalue weighted by molar-refractivity contribution is 5.82. The Morgan fingerprint density at radius 3 is 2.18 bits per heavy atom. The van der Waals surface area contributed by atoms with Crippen molar-refractivity contribution < 1.29 is 4.79 Å². The zero-order valence-corrected chi connectivity index (χ0v) is 7.60. The maximum absolute atomic E-state index is 11.5. The summed E-state index contributed by atoms with van der Waals surface area (Å²) >= 11 is 0. The van der Waals surface area contributed by atoms with Crippen LogP contribution in [0.5, 0.6) is 0 Å². The number of hydrogen-bond acceptors (Lipinski definition) is 1. The highest BCUT2D eigenvalue weighted by Gasteiger charge is 2.22. The Kier molecular flexibility index (Phi) is 3.10. The second kappa shape index (κ2) is 3.89. The molecule has 0 aromatic carbocycles. The van der Waals surface area contributed by atoms with Crippen molar-refractivity contribution in [2.24, 2.45) is 11.8 Å². The van der Waals surface area contributed by atoms with Gasteiger partial charge in [0.25, 0.3) is 0 Å². The lowest BCUT2D eigenvalue weighted by Gasteiger charge is -2.21. The third-order valence-electron chi connectivity index (χ3n) is 2.58. The monoisotopic (exact) mass is 154 g/mol. The molecule has 64 valence electrons. The van der Waals surface area contributed by atoms with Gasteiger partial charge in [-0.3, -0.25) is 4.79 Å². The van der Waals surface area contributed by atoms with Gasteiger partial charge in [-0.2, -0.15) is 0 Å². The van der Waals surface area contributed by atoms with E-state index >= 15 is 0 Å². The van der Waals surface area contributed by atoms with Gasteiger partial charge in [-0.05, 0) is 12.8 Å². The van der Waals surface area contributed by atoms with E-state index in [1.807, 2.05) is 13.8 Å². The molecule has 0 heterocycles. The number of Topliss-reactive ketones (excluding diaryl/α,β-unsaturated/α-hetero) is 1. The molecule has 0 saturated heterocycles. The summed E-state index contributed by atoms with van der Waals surface area (Å²) in [6.45, 7) is 4.02. The molecular formula is C10H18O. The summed E-state index contributed by atoms with van der Waals surface area (Å²) in [6.07, 6.45) is 6.17. The lowest BCUT2D eigenvalue weighted by molar-refractivity contribution is -0.126. The van der Waals surface area contributed by atoms with Gasteiger partial charge in [-0.25, -0.2) is 0 Å². The van der Waals surface area contributed by atoms with Crippen molar-refractivity contribution in [1.29, 1.82) is 0 Å². The van der Waals surface area contributed by atoms with E-state index in [4.69, 9.17) is 0 Å². The zero-order chi connectivity index (χ0) is 8.27. The van der Waals surface area contributed by atoms with Gasteiger partial charge in [0.05, 0.1) is 0 Å². The third-order valence-corrected chi connectivity index (χ3v) is 2.58. The van der Waals surface area contributed by atoms with Gasteiger partial charge in [0.1, 0.15) is 5.78 Å². The molecule has 0 unspecified atom stereocenters. The van der Waals surface area contributed by atoms with Gasteiger partial charge in [-0.15, -0.1) is 0 Å². The van der Waals surface area contributed by atoms with Crippen molar-refractivity contribution >= 4 is 5.78 Å². The Bertz CT molecular complexity index is 132. The summed E-state index contributed by atoms with van der Waals surface area (Å²) in [4.78, 5) is 11.5. The van der Waals surface area contributed by atoms with Crippen LogP contribution in [0.1, 0.15) is 46.0 Å². The summed E-state index contributed by atoms with van der Waals surface area (Å²) < 4.78 is 0. The number of hydrogen-bond donors (Lipinski definition) is 0. The highest BCUT2D eigenvalue weighted by Crippen LogP contribution is 2.26. The van der Waals surface area contributed by atoms with E-state index in [2.05, 4.69) is 0 Å². The quantitative estimate of drug-likeness (QED) is 0.597. The number of rotatable bonds is 2. The second-order valence-electron chi connectivity index (χ2n) is 3.89. The third kappa shape index (κ3) is 2.32. The first-order chi connectivity index (χ1) is 5.22. The minimum absolute atomic E-state index is 0.248. The summed E-state index contributed by atoms with van der Waals surface area (Å²) in [5.41, 5.74) is 0. The largest absolute Gasteiger partial charge is 0.299 e. The molecule has 1 aliphatic carbocycles. The number of ketones is 1. The molecule has 1 aliphatic rings. The summed E-state index contributed by atoms with van der Waals surface area (Å²) in [5.74, 6) is 1.14. The summed E-state index contributed by atoms with van der Waals surface area (Å²) in [5, 5.41) is 0. The Morgan fingerprint density at radius 2 is 1.73 bits per heavy atom. The minimum Gasteiger partial charge on any atom is -0.299 e. The Balaban J connectivity index is 2.39. The molecule has 1 saturated carbocycles. The van der Waals surface area contributed by atoms with Gasteiger partial charge >= 0.3 is 0 Å². The molecule has 1 fully saturated rings. The molecule has 11 heavy (non-hydrogen) atoms. The first-order valence-electron chi connectivity index (χ1n) is 4.75. The van der Waals surface area contributed by atoms with Crippen LogP contribution in [0.3, 0.4) is 0 Å². The lowest BCUT2D eigenvalue weighted by Crippen LogP contribution is -2.21. The van der Waals surface area contributed by atoms with E-state index in [1.165, 1.54) is 19.3 Å². The highest BCUT2D eigenvalue weighted by atomic mass is 16.1. The van der Waals surface area contributed by atoms with Crippen LogP contribution in [0.15, 0.2) is 0 Å². The lowest BCUT2D eigenvalue weighted by atomic mass is 9.83. The molecule has 1 nitrogen and oxygen atoms in total. The zero-order valence-electron chi connectivity index (χ0n) is 7.60. The summed E-state index contributed by atoms with van der Waals surface area (Å²) in [6, 6.07) is 0. The average molecular weight is 154 g/mol. The molecule has 0 aliphatic heterocycles. The Morgan fingerprint density at radius 1 is 1.18 bits per heavy atom. The van der Waals surface area contributed by atoms with E-state index in [0.29, 0.717) is 11.7 Å². The van der Waals surface area contributed by atoms with Gasteiger partial charge in [0, 0.05) is 11.8 Å². The van der Waals surface area contributed by atoms with Crippen molar-refractivity contribution in [3.05, 3.63) is 0 Å². The second-order valence-corrected chi connectivity index (χ2v) is 3.89. The van der Waals surface area contributed by atoms with Crippen LogP contribution in [0.2, 0.25) is 0 Å². The van der Waals surface area contributed by atoms with Crippen LogP contribution in [-0.4, -0.2) is 5.78 Å². The topological polar surface area (TPSA) is 17.1 Å². The fourth-order valence-electron chi connectivity index (χ4n) is 1.86. The molecule has 1 heteroatoms. The van der Waals surface area contributed by atoms with Crippen LogP contribution >= 0.6 is 0 Å². The maximum atomic E-state index is 11.5. The standard InChI is InChI=1S/C10H18O/c1-8(2)10(11)9-6-4-3-5-7-9/h8-9H,3-7H2,1-2H3. The molecule has 1 rings (SSSR count). The fraction of sp³-hybridized carbons (Fsp3) is 0.900. The van der Waals surface area contributed by atoms with E-state index in [0.717, 1.165) is 12.8 Å². The van der Waals surface area contributed by atoms with Crippen LogP contribution in [0, 0.1) is 11.8 Å². The van der Waals surface area contributed by atoms with Crippen molar-refractivity contribution in [3.63, 3.8) is 0 Å². The fourth-order valence-corrected chi connectivity index (χ4v) is 1.86. The van der Waals surface area contributed by atoms with Gasteiger partial charge in [0.2, 0.25) is 0 Å². The van der Waals surface area contributed by atoms with Gasteiger partial charge in [0.15, 0.2) is 0 Å². The predicted octanol–water partition coefficient (Wildman–Crippen LogP) is 2.79. The van der Waals surface area contributed by atoms with E-state index in [1.54, 1.807) is 0 Å². The van der Waals surface area contributed by atoms with Crippen molar-refractivity contribution in [1.82, 2.24) is 0 Å².